The predicted octanol–water partition coefficient (Wildman–Crippen LogP) is 2.40. The lowest BCUT2D eigenvalue weighted by Gasteiger charge is -2.39. The third-order valence-electron chi connectivity index (χ3n) is 5.33. The number of carbonyl (C=O) groups is 1. The summed E-state index contributed by atoms with van der Waals surface area (Å²) in [5.74, 6) is 0.805. The maximum Gasteiger partial charge on any atom is 0.404 e. The SMILES string of the molecule is CCN(C[C@H]1CC[C@H](N)CC1)[C@H]1CC[C@H](NC(=O)O)CC1. The molecule has 2 aliphatic carbocycles. The second-order valence-electron chi connectivity index (χ2n) is 6.82. The summed E-state index contributed by atoms with van der Waals surface area (Å²) in [6, 6.07) is 1.22. The van der Waals surface area contributed by atoms with Gasteiger partial charge in [-0.25, -0.2) is 4.79 Å². The van der Waals surface area contributed by atoms with E-state index >= 15 is 0 Å². The van der Waals surface area contributed by atoms with Crippen molar-refractivity contribution in [3.05, 3.63) is 0 Å². The van der Waals surface area contributed by atoms with Crippen LogP contribution in [0.1, 0.15) is 58.3 Å². The van der Waals surface area contributed by atoms with Crippen molar-refractivity contribution in [3.8, 4) is 0 Å². The molecule has 0 aromatic rings. The van der Waals surface area contributed by atoms with Gasteiger partial charge in [0.25, 0.3) is 0 Å². The Morgan fingerprint density at radius 1 is 1.14 bits per heavy atom. The highest BCUT2D eigenvalue weighted by Crippen LogP contribution is 2.28. The number of hydrogen-bond donors (Lipinski definition) is 3. The number of amides is 1. The van der Waals surface area contributed by atoms with Crippen LogP contribution in [-0.2, 0) is 0 Å². The van der Waals surface area contributed by atoms with Crippen molar-refractivity contribution in [2.24, 2.45) is 11.7 Å². The highest BCUT2D eigenvalue weighted by molar-refractivity contribution is 5.64. The lowest BCUT2D eigenvalue weighted by molar-refractivity contribution is 0.114. The topological polar surface area (TPSA) is 78.6 Å². The molecular weight excluding hydrogens is 266 g/mol. The molecule has 2 rings (SSSR count). The van der Waals surface area contributed by atoms with Gasteiger partial charge in [0.15, 0.2) is 0 Å². The smallest absolute Gasteiger partial charge is 0.404 e. The zero-order valence-electron chi connectivity index (χ0n) is 13.3. The molecule has 0 radical (unpaired) electrons. The number of carboxylic acid groups (broad SMARTS) is 1. The first kappa shape index (κ1) is 16.6. The van der Waals surface area contributed by atoms with E-state index in [0.717, 1.165) is 38.1 Å². The summed E-state index contributed by atoms with van der Waals surface area (Å²) in [6.45, 7) is 4.55. The van der Waals surface area contributed by atoms with Gasteiger partial charge in [0, 0.05) is 24.7 Å². The first-order valence-corrected chi connectivity index (χ1v) is 8.57. The van der Waals surface area contributed by atoms with Crippen LogP contribution in [0, 0.1) is 5.92 Å². The van der Waals surface area contributed by atoms with Crippen molar-refractivity contribution < 1.29 is 9.90 Å². The average Bonchev–Trinajstić information content (AvgIpc) is 2.47. The molecule has 4 N–H and O–H groups in total. The van der Waals surface area contributed by atoms with Gasteiger partial charge in [-0.2, -0.15) is 0 Å². The van der Waals surface area contributed by atoms with Gasteiger partial charge in [-0.05, 0) is 63.8 Å². The molecule has 21 heavy (non-hydrogen) atoms. The molecule has 5 nitrogen and oxygen atoms in total. The number of nitrogens with one attached hydrogen (secondary N) is 1. The zero-order valence-corrected chi connectivity index (χ0v) is 13.3. The molecule has 122 valence electrons. The third kappa shape index (κ3) is 5.15. The Hall–Kier alpha value is -0.810. The fourth-order valence-electron chi connectivity index (χ4n) is 4.00. The largest absolute Gasteiger partial charge is 0.465 e. The maximum absolute atomic E-state index is 10.7. The molecule has 0 heterocycles. The molecule has 5 heteroatoms. The van der Waals surface area contributed by atoms with E-state index in [2.05, 4.69) is 17.1 Å². The van der Waals surface area contributed by atoms with Crippen LogP contribution in [0.15, 0.2) is 0 Å². The van der Waals surface area contributed by atoms with E-state index in [1.54, 1.807) is 0 Å². The molecule has 0 aromatic carbocycles. The van der Waals surface area contributed by atoms with E-state index in [9.17, 15) is 4.79 Å². The van der Waals surface area contributed by atoms with Crippen LogP contribution < -0.4 is 11.1 Å². The predicted molar refractivity (Wildman–Crippen MR) is 84.4 cm³/mol. The molecule has 0 bridgehead atoms. The number of nitrogens with zero attached hydrogens (tertiary/aromatic N) is 1. The fourth-order valence-corrected chi connectivity index (χ4v) is 4.00. The molecule has 0 spiro atoms. The van der Waals surface area contributed by atoms with Crippen molar-refractivity contribution in [2.45, 2.75) is 76.4 Å². The van der Waals surface area contributed by atoms with Crippen molar-refractivity contribution in [2.75, 3.05) is 13.1 Å². The van der Waals surface area contributed by atoms with E-state index < -0.39 is 6.09 Å². The summed E-state index contributed by atoms with van der Waals surface area (Å²) < 4.78 is 0. The number of nitrogens with two attached hydrogens (primary N) is 1. The standard InChI is InChI=1S/C16H31N3O2/c1-2-19(11-12-3-5-13(17)6-4-12)15-9-7-14(8-10-15)18-16(20)21/h12-15,18H,2-11,17H2,1H3,(H,20,21)/t12-,13-,14-,15-. The normalized spacial score (nSPS) is 33.9. The van der Waals surface area contributed by atoms with Crippen LogP contribution in [-0.4, -0.2) is 47.3 Å². The Balaban J connectivity index is 1.75. The Morgan fingerprint density at radius 3 is 2.29 bits per heavy atom. The summed E-state index contributed by atoms with van der Waals surface area (Å²) in [7, 11) is 0. The minimum absolute atomic E-state index is 0.158. The van der Waals surface area contributed by atoms with E-state index in [0.29, 0.717) is 12.1 Å². The van der Waals surface area contributed by atoms with Crippen LogP contribution in [0.5, 0.6) is 0 Å². The van der Waals surface area contributed by atoms with E-state index in [-0.39, 0.29) is 6.04 Å². The zero-order chi connectivity index (χ0) is 15.2. The summed E-state index contributed by atoms with van der Waals surface area (Å²) >= 11 is 0. The minimum Gasteiger partial charge on any atom is -0.465 e. The van der Waals surface area contributed by atoms with Crippen molar-refractivity contribution in [3.63, 3.8) is 0 Å². The fraction of sp³-hybridized carbons (Fsp3) is 0.938. The van der Waals surface area contributed by atoms with Crippen molar-refractivity contribution >= 4 is 6.09 Å². The molecule has 1 amide bonds. The van der Waals surface area contributed by atoms with Gasteiger partial charge in [0.2, 0.25) is 0 Å². The van der Waals surface area contributed by atoms with E-state index in [1.165, 1.54) is 32.2 Å². The third-order valence-corrected chi connectivity index (χ3v) is 5.33. The van der Waals surface area contributed by atoms with Gasteiger partial charge < -0.3 is 21.1 Å². The highest BCUT2D eigenvalue weighted by atomic mass is 16.4. The lowest BCUT2D eigenvalue weighted by Crippen LogP contribution is -2.45. The second kappa shape index (κ2) is 7.99. The Labute approximate surface area is 128 Å². The molecule has 0 atom stereocenters. The van der Waals surface area contributed by atoms with Gasteiger partial charge >= 0.3 is 6.09 Å². The molecule has 2 fully saturated rings. The summed E-state index contributed by atoms with van der Waals surface area (Å²) in [5.41, 5.74) is 5.99. The number of rotatable bonds is 5. The summed E-state index contributed by atoms with van der Waals surface area (Å²) in [5, 5.41) is 11.4. The van der Waals surface area contributed by atoms with Crippen LogP contribution in [0.3, 0.4) is 0 Å². The Kier molecular flexibility index (Phi) is 6.30. The van der Waals surface area contributed by atoms with Crippen molar-refractivity contribution in [1.82, 2.24) is 10.2 Å². The van der Waals surface area contributed by atoms with Gasteiger partial charge in [-0.15, -0.1) is 0 Å². The summed E-state index contributed by atoms with van der Waals surface area (Å²) in [6.07, 6.45) is 8.20. The van der Waals surface area contributed by atoms with Gasteiger partial charge in [0.1, 0.15) is 0 Å². The first-order valence-electron chi connectivity index (χ1n) is 8.57. The molecule has 0 unspecified atom stereocenters. The van der Waals surface area contributed by atoms with E-state index in [1.807, 2.05) is 0 Å². The average molecular weight is 297 g/mol. The molecule has 0 saturated heterocycles. The van der Waals surface area contributed by atoms with Crippen LogP contribution in [0.2, 0.25) is 0 Å². The Bertz CT molecular complexity index is 321. The molecular formula is C16H31N3O2. The quantitative estimate of drug-likeness (QED) is 0.728. The second-order valence-corrected chi connectivity index (χ2v) is 6.82. The van der Waals surface area contributed by atoms with E-state index in [4.69, 9.17) is 10.8 Å². The maximum atomic E-state index is 10.7. The molecule has 0 aliphatic heterocycles. The van der Waals surface area contributed by atoms with Crippen LogP contribution in [0.25, 0.3) is 0 Å². The lowest BCUT2D eigenvalue weighted by atomic mass is 9.84. The van der Waals surface area contributed by atoms with Gasteiger partial charge in [-0.3, -0.25) is 0 Å². The van der Waals surface area contributed by atoms with Gasteiger partial charge in [0.05, 0.1) is 0 Å². The molecule has 0 aromatic heterocycles. The summed E-state index contributed by atoms with van der Waals surface area (Å²) in [4.78, 5) is 13.3. The molecule has 2 saturated carbocycles. The van der Waals surface area contributed by atoms with Crippen LogP contribution >= 0.6 is 0 Å². The van der Waals surface area contributed by atoms with Crippen molar-refractivity contribution in [1.29, 1.82) is 0 Å². The Morgan fingerprint density at radius 2 is 1.76 bits per heavy atom. The first-order chi connectivity index (χ1) is 10.1. The monoisotopic (exact) mass is 297 g/mol. The minimum atomic E-state index is -0.885. The van der Waals surface area contributed by atoms with Crippen LogP contribution in [0.4, 0.5) is 4.79 Å². The van der Waals surface area contributed by atoms with Gasteiger partial charge in [-0.1, -0.05) is 6.92 Å². The number of hydrogen-bond acceptors (Lipinski definition) is 3. The molecule has 2 aliphatic rings. The highest BCUT2D eigenvalue weighted by Gasteiger charge is 2.28.